The van der Waals surface area contributed by atoms with Gasteiger partial charge in [0.1, 0.15) is 12.6 Å². The number of nitrogens with two attached hydrogens (primary N) is 1. The van der Waals surface area contributed by atoms with E-state index >= 15 is 0 Å². The second kappa shape index (κ2) is 4.58. The lowest BCUT2D eigenvalue weighted by Gasteiger charge is -2.19. The molecule has 1 rings (SSSR count). The summed E-state index contributed by atoms with van der Waals surface area (Å²) in [5.41, 5.74) is 1.17. The molecule has 0 saturated carbocycles. The minimum Gasteiger partial charge on any atom is -0.382 e. The molecule has 0 aromatic heterocycles. The lowest BCUT2D eigenvalue weighted by Crippen LogP contribution is -2.95. The number of rotatable bonds is 3. The van der Waals surface area contributed by atoms with Gasteiger partial charge in [0.05, 0.1) is 5.54 Å². The van der Waals surface area contributed by atoms with Crippen molar-refractivity contribution in [2.75, 3.05) is 6.54 Å². The van der Waals surface area contributed by atoms with Crippen molar-refractivity contribution in [2.24, 2.45) is 0 Å². The van der Waals surface area contributed by atoms with E-state index in [1.54, 1.807) is 0 Å². The minimum absolute atomic E-state index is 0.176. The molecule has 0 radical (unpaired) electrons. The van der Waals surface area contributed by atoms with Crippen LogP contribution in [0.15, 0.2) is 30.3 Å². The monoisotopic (exact) mass is 194 g/mol. The Hall–Kier alpha value is -0.860. The molecule has 1 aromatic rings. The Balaban J connectivity index is 2.48. The molecule has 0 aliphatic carbocycles. The summed E-state index contributed by atoms with van der Waals surface area (Å²) >= 11 is 0. The maximum Gasteiger partial charge on any atom is 0.128 e. The van der Waals surface area contributed by atoms with Crippen molar-refractivity contribution in [3.63, 3.8) is 0 Å². The molecule has 1 atom stereocenters. The molecule has 0 fully saturated rings. The summed E-state index contributed by atoms with van der Waals surface area (Å²) in [6.45, 7) is 7.15. The highest BCUT2D eigenvalue weighted by Gasteiger charge is 2.16. The second-order valence-electron chi connectivity index (χ2n) is 4.73. The summed E-state index contributed by atoms with van der Waals surface area (Å²) in [4.78, 5) is 0. The van der Waals surface area contributed by atoms with Gasteiger partial charge in [0.25, 0.3) is 0 Å². The largest absolute Gasteiger partial charge is 0.382 e. The van der Waals surface area contributed by atoms with Crippen molar-refractivity contribution in [1.82, 2.24) is 0 Å². The first kappa shape index (κ1) is 11.2. The fourth-order valence-electron chi connectivity index (χ4n) is 1.28. The van der Waals surface area contributed by atoms with Crippen molar-refractivity contribution < 1.29 is 10.4 Å². The van der Waals surface area contributed by atoms with Crippen molar-refractivity contribution in [2.45, 2.75) is 32.4 Å². The highest BCUT2D eigenvalue weighted by molar-refractivity contribution is 5.16. The van der Waals surface area contributed by atoms with Crippen LogP contribution in [-0.4, -0.2) is 17.2 Å². The number of hydrogen-bond acceptors (Lipinski definition) is 1. The summed E-state index contributed by atoms with van der Waals surface area (Å²) in [5.74, 6) is 0. The molecule has 1 aromatic carbocycles. The topological polar surface area (TPSA) is 36.8 Å². The average Bonchev–Trinajstić information content (AvgIpc) is 2.14. The molecular formula is C12H20NO+. The van der Waals surface area contributed by atoms with E-state index in [9.17, 15) is 5.11 Å². The van der Waals surface area contributed by atoms with Crippen LogP contribution in [0.5, 0.6) is 0 Å². The van der Waals surface area contributed by atoms with E-state index in [-0.39, 0.29) is 11.6 Å². The van der Waals surface area contributed by atoms with Crippen molar-refractivity contribution in [3.05, 3.63) is 35.9 Å². The van der Waals surface area contributed by atoms with Crippen molar-refractivity contribution in [3.8, 4) is 0 Å². The van der Waals surface area contributed by atoms with Crippen molar-refractivity contribution in [1.29, 1.82) is 0 Å². The molecule has 1 unspecified atom stereocenters. The lowest BCUT2D eigenvalue weighted by atomic mass is 10.1. The number of benzene rings is 1. The molecule has 0 saturated heterocycles. The second-order valence-corrected chi connectivity index (χ2v) is 4.73. The third kappa shape index (κ3) is 3.90. The van der Waals surface area contributed by atoms with Gasteiger partial charge in [0.2, 0.25) is 0 Å². The van der Waals surface area contributed by atoms with E-state index in [1.807, 2.05) is 30.3 Å². The highest BCUT2D eigenvalue weighted by Crippen LogP contribution is 2.09. The first-order chi connectivity index (χ1) is 6.49. The number of quaternary nitrogens is 1. The summed E-state index contributed by atoms with van der Waals surface area (Å²) in [6.07, 6.45) is -0.365. The predicted octanol–water partition coefficient (Wildman–Crippen LogP) is 1.08. The molecule has 3 N–H and O–H groups in total. The van der Waals surface area contributed by atoms with Crippen LogP contribution in [0.3, 0.4) is 0 Å². The molecule has 0 aliphatic heterocycles. The van der Waals surface area contributed by atoms with E-state index in [4.69, 9.17) is 0 Å². The Morgan fingerprint density at radius 2 is 1.79 bits per heavy atom. The van der Waals surface area contributed by atoms with Gasteiger partial charge in [-0.1, -0.05) is 30.3 Å². The van der Waals surface area contributed by atoms with Gasteiger partial charge in [-0.2, -0.15) is 0 Å². The van der Waals surface area contributed by atoms with E-state index in [2.05, 4.69) is 26.1 Å². The van der Waals surface area contributed by atoms with Crippen LogP contribution in [-0.2, 0) is 0 Å². The fourth-order valence-corrected chi connectivity index (χ4v) is 1.28. The highest BCUT2D eigenvalue weighted by atomic mass is 16.3. The Bertz CT molecular complexity index is 263. The van der Waals surface area contributed by atoms with Gasteiger partial charge < -0.3 is 10.4 Å². The minimum atomic E-state index is -0.365. The van der Waals surface area contributed by atoms with E-state index in [1.165, 1.54) is 0 Å². The third-order valence-electron chi connectivity index (χ3n) is 2.14. The summed E-state index contributed by atoms with van der Waals surface area (Å²) in [5, 5.41) is 12.0. The van der Waals surface area contributed by atoms with Crippen molar-refractivity contribution >= 4 is 0 Å². The van der Waals surface area contributed by atoms with Gasteiger partial charge in [-0.3, -0.25) is 0 Å². The van der Waals surface area contributed by atoms with Crippen LogP contribution in [0.1, 0.15) is 32.4 Å². The van der Waals surface area contributed by atoms with Gasteiger partial charge in [0.15, 0.2) is 0 Å². The Kier molecular flexibility index (Phi) is 3.67. The van der Waals surface area contributed by atoms with Crippen LogP contribution in [0.25, 0.3) is 0 Å². The van der Waals surface area contributed by atoms with Gasteiger partial charge in [-0.15, -0.1) is 0 Å². The number of aliphatic hydroxyl groups excluding tert-OH is 1. The maximum atomic E-state index is 9.85. The molecule has 2 heteroatoms. The zero-order valence-corrected chi connectivity index (χ0v) is 9.20. The SMILES string of the molecule is CC(C)(C)[NH2+]CC(O)c1ccccc1. The van der Waals surface area contributed by atoms with Crippen LogP contribution in [0, 0.1) is 0 Å². The third-order valence-corrected chi connectivity index (χ3v) is 2.14. The summed E-state index contributed by atoms with van der Waals surface area (Å²) in [6, 6.07) is 9.79. The first-order valence-corrected chi connectivity index (χ1v) is 5.06. The average molecular weight is 194 g/mol. The molecule has 2 nitrogen and oxygen atoms in total. The van der Waals surface area contributed by atoms with Crippen LogP contribution < -0.4 is 5.32 Å². The molecule has 0 heterocycles. The van der Waals surface area contributed by atoms with Gasteiger partial charge in [-0.05, 0) is 26.3 Å². The molecule has 0 aliphatic rings. The van der Waals surface area contributed by atoms with E-state index in [0.717, 1.165) is 5.56 Å². The number of aliphatic hydroxyl groups is 1. The predicted molar refractivity (Wildman–Crippen MR) is 57.9 cm³/mol. The lowest BCUT2D eigenvalue weighted by molar-refractivity contribution is -0.722. The van der Waals surface area contributed by atoms with Gasteiger partial charge in [-0.25, -0.2) is 0 Å². The van der Waals surface area contributed by atoms with E-state index in [0.29, 0.717) is 6.54 Å². The van der Waals surface area contributed by atoms with Crippen LogP contribution >= 0.6 is 0 Å². The maximum absolute atomic E-state index is 9.85. The molecule has 0 spiro atoms. The standard InChI is InChI=1S/C12H19NO/c1-12(2,3)13-9-11(14)10-7-5-4-6-8-10/h4-8,11,13-14H,9H2,1-3H3/p+1. The van der Waals surface area contributed by atoms with Gasteiger partial charge in [0, 0.05) is 0 Å². The quantitative estimate of drug-likeness (QED) is 0.742. The normalized spacial score (nSPS) is 14.0. The fraction of sp³-hybridized carbons (Fsp3) is 0.500. The zero-order chi connectivity index (χ0) is 10.6. The molecule has 0 bridgehead atoms. The molecular weight excluding hydrogens is 174 g/mol. The van der Waals surface area contributed by atoms with Crippen LogP contribution in [0.2, 0.25) is 0 Å². The Morgan fingerprint density at radius 1 is 1.21 bits per heavy atom. The van der Waals surface area contributed by atoms with Gasteiger partial charge >= 0.3 is 0 Å². The number of hydrogen-bond donors (Lipinski definition) is 2. The summed E-state index contributed by atoms with van der Waals surface area (Å²) < 4.78 is 0. The Morgan fingerprint density at radius 3 is 2.29 bits per heavy atom. The molecule has 0 amide bonds. The smallest absolute Gasteiger partial charge is 0.128 e. The summed E-state index contributed by atoms with van der Waals surface area (Å²) in [7, 11) is 0. The first-order valence-electron chi connectivity index (χ1n) is 5.06. The van der Waals surface area contributed by atoms with Crippen LogP contribution in [0.4, 0.5) is 0 Å². The molecule has 14 heavy (non-hydrogen) atoms. The zero-order valence-electron chi connectivity index (χ0n) is 9.20. The van der Waals surface area contributed by atoms with E-state index < -0.39 is 0 Å². The Labute approximate surface area is 86.0 Å². The molecule has 78 valence electrons.